The van der Waals surface area contributed by atoms with E-state index in [0.29, 0.717) is 31.4 Å². The van der Waals surface area contributed by atoms with Gasteiger partial charge in [-0.2, -0.15) is 4.31 Å². The molecule has 0 spiro atoms. The number of hydrogen-bond donors (Lipinski definition) is 0. The molecule has 0 radical (unpaired) electrons. The fraction of sp³-hybridized carbons (Fsp3) is 0.462. The average molecular weight is 499 g/mol. The van der Waals surface area contributed by atoms with E-state index in [1.165, 1.54) is 0 Å². The molecule has 8 nitrogen and oxygen atoms in total. The second-order valence-corrected chi connectivity index (χ2v) is 11.1. The Morgan fingerprint density at radius 1 is 1.11 bits per heavy atom. The minimum absolute atomic E-state index is 0.0220. The number of rotatable bonds is 8. The topological polar surface area (TPSA) is 84.7 Å². The van der Waals surface area contributed by atoms with E-state index in [1.54, 1.807) is 28.4 Å². The van der Waals surface area contributed by atoms with Crippen molar-refractivity contribution < 1.29 is 17.9 Å². The highest BCUT2D eigenvalue weighted by Gasteiger charge is 2.27. The van der Waals surface area contributed by atoms with Crippen molar-refractivity contribution in [1.29, 1.82) is 0 Å². The number of imidazole rings is 1. The molecule has 4 rings (SSSR count). The molecular weight excluding hydrogens is 464 g/mol. The molecule has 1 unspecified atom stereocenters. The average Bonchev–Trinajstić information content (AvgIpc) is 3.21. The van der Waals surface area contributed by atoms with Crippen molar-refractivity contribution >= 4 is 27.0 Å². The molecule has 1 aliphatic rings. The van der Waals surface area contributed by atoms with Crippen LogP contribution in [0.3, 0.4) is 0 Å². The van der Waals surface area contributed by atoms with Crippen LogP contribution in [0.15, 0.2) is 47.4 Å². The quantitative estimate of drug-likeness (QED) is 0.470. The van der Waals surface area contributed by atoms with Crippen molar-refractivity contribution in [1.82, 2.24) is 18.8 Å². The maximum absolute atomic E-state index is 13.1. The SMILES string of the molecule is COc1ccc(C(C)N(C)C(=O)CCc2nc3cc(S(=O)(=O)N4CCCCC4)ccc3n2C)cc1. The lowest BCUT2D eigenvalue weighted by Gasteiger charge is -2.25. The highest BCUT2D eigenvalue weighted by Crippen LogP contribution is 2.26. The number of nitrogens with zero attached hydrogens (tertiary/aromatic N) is 4. The standard InChI is InChI=1S/C26H34N4O4S/c1-19(20-8-10-21(34-4)11-9-20)28(2)26(31)15-14-25-27-23-18-22(12-13-24(23)29(25)3)35(32,33)30-16-6-5-7-17-30/h8-13,18-19H,5-7,14-17H2,1-4H3. The Bertz CT molecular complexity index is 1290. The molecule has 0 saturated carbocycles. The van der Waals surface area contributed by atoms with Crippen LogP contribution in [0.5, 0.6) is 5.75 Å². The van der Waals surface area contributed by atoms with Gasteiger partial charge in [0.1, 0.15) is 11.6 Å². The first-order chi connectivity index (χ1) is 16.7. The van der Waals surface area contributed by atoms with Crippen molar-refractivity contribution in [3.63, 3.8) is 0 Å². The van der Waals surface area contributed by atoms with Crippen LogP contribution in [0.1, 0.15) is 50.0 Å². The van der Waals surface area contributed by atoms with E-state index in [4.69, 9.17) is 4.74 Å². The van der Waals surface area contributed by atoms with Gasteiger partial charge < -0.3 is 14.2 Å². The van der Waals surface area contributed by atoms with Gasteiger partial charge in [-0.05, 0) is 55.7 Å². The lowest BCUT2D eigenvalue weighted by molar-refractivity contribution is -0.131. The Morgan fingerprint density at radius 3 is 2.46 bits per heavy atom. The summed E-state index contributed by atoms with van der Waals surface area (Å²) in [6.45, 7) is 3.13. The number of carbonyl (C=O) groups is 1. The van der Waals surface area contributed by atoms with Gasteiger partial charge in [0, 0.05) is 40.0 Å². The van der Waals surface area contributed by atoms with E-state index in [9.17, 15) is 13.2 Å². The third-order valence-corrected chi connectivity index (χ3v) is 8.93. The van der Waals surface area contributed by atoms with Crippen LogP contribution in [-0.4, -0.2) is 60.3 Å². The molecular formula is C26H34N4O4S. The zero-order chi connectivity index (χ0) is 25.2. The lowest BCUT2D eigenvalue weighted by atomic mass is 10.1. The number of ether oxygens (including phenoxy) is 1. The number of hydrogen-bond acceptors (Lipinski definition) is 5. The Kier molecular flexibility index (Phi) is 7.47. The van der Waals surface area contributed by atoms with Gasteiger partial charge in [-0.1, -0.05) is 18.6 Å². The normalized spacial score (nSPS) is 15.8. The van der Waals surface area contributed by atoms with E-state index >= 15 is 0 Å². The van der Waals surface area contributed by atoms with Crippen molar-refractivity contribution in [2.45, 2.75) is 50.0 Å². The zero-order valence-electron chi connectivity index (χ0n) is 20.9. The minimum Gasteiger partial charge on any atom is -0.497 e. The summed E-state index contributed by atoms with van der Waals surface area (Å²) < 4.78 is 34.8. The first kappa shape index (κ1) is 25.2. The first-order valence-corrected chi connectivity index (χ1v) is 13.5. The second-order valence-electron chi connectivity index (χ2n) is 9.16. The molecule has 2 aromatic carbocycles. The molecule has 1 fully saturated rings. The number of aryl methyl sites for hydroxylation is 2. The van der Waals surface area contributed by atoms with Gasteiger partial charge in [0.25, 0.3) is 0 Å². The molecule has 0 N–H and O–H groups in total. The third kappa shape index (κ3) is 5.21. The van der Waals surface area contributed by atoms with Crippen LogP contribution < -0.4 is 4.74 Å². The van der Waals surface area contributed by atoms with Crippen molar-refractivity contribution in [3.05, 3.63) is 53.9 Å². The molecule has 188 valence electrons. The monoisotopic (exact) mass is 498 g/mol. The van der Waals surface area contributed by atoms with Gasteiger partial charge >= 0.3 is 0 Å². The van der Waals surface area contributed by atoms with E-state index in [2.05, 4.69) is 4.98 Å². The Labute approximate surface area is 207 Å². The van der Waals surface area contributed by atoms with Crippen LogP contribution in [0.4, 0.5) is 0 Å². The molecule has 0 aliphatic carbocycles. The number of methoxy groups -OCH3 is 1. The number of aromatic nitrogens is 2. The summed E-state index contributed by atoms with van der Waals surface area (Å²) in [4.78, 5) is 19.6. The highest BCUT2D eigenvalue weighted by molar-refractivity contribution is 7.89. The molecule has 1 aromatic heterocycles. The van der Waals surface area contributed by atoms with E-state index in [1.807, 2.05) is 55.9 Å². The van der Waals surface area contributed by atoms with Gasteiger partial charge in [0.2, 0.25) is 15.9 Å². The smallest absolute Gasteiger partial charge is 0.243 e. The molecule has 2 heterocycles. The van der Waals surface area contributed by atoms with Crippen molar-refractivity contribution in [2.75, 3.05) is 27.2 Å². The highest BCUT2D eigenvalue weighted by atomic mass is 32.2. The number of benzene rings is 2. The van der Waals surface area contributed by atoms with E-state index in [0.717, 1.165) is 41.9 Å². The van der Waals surface area contributed by atoms with E-state index < -0.39 is 10.0 Å². The molecule has 1 saturated heterocycles. The molecule has 0 bridgehead atoms. The first-order valence-electron chi connectivity index (χ1n) is 12.1. The van der Waals surface area contributed by atoms with Crippen LogP contribution in [0.2, 0.25) is 0 Å². The molecule has 1 amide bonds. The Balaban J connectivity index is 1.46. The number of piperidine rings is 1. The number of sulfonamides is 1. The predicted molar refractivity (Wildman–Crippen MR) is 136 cm³/mol. The Hall–Kier alpha value is -2.91. The van der Waals surface area contributed by atoms with Crippen molar-refractivity contribution in [2.24, 2.45) is 7.05 Å². The summed E-state index contributed by atoms with van der Waals surface area (Å²) in [7, 11) is 1.82. The summed E-state index contributed by atoms with van der Waals surface area (Å²) >= 11 is 0. The zero-order valence-corrected chi connectivity index (χ0v) is 21.7. The summed E-state index contributed by atoms with van der Waals surface area (Å²) in [6, 6.07) is 12.8. The maximum atomic E-state index is 13.1. The summed E-state index contributed by atoms with van der Waals surface area (Å²) in [5.41, 5.74) is 2.52. The molecule has 1 atom stereocenters. The number of carbonyl (C=O) groups excluding carboxylic acids is 1. The molecule has 35 heavy (non-hydrogen) atoms. The minimum atomic E-state index is -3.52. The van der Waals surface area contributed by atoms with Crippen LogP contribution in [0.25, 0.3) is 11.0 Å². The van der Waals surface area contributed by atoms with Gasteiger partial charge in [-0.15, -0.1) is 0 Å². The van der Waals surface area contributed by atoms with Gasteiger partial charge in [0.05, 0.1) is 29.1 Å². The summed E-state index contributed by atoms with van der Waals surface area (Å²) in [6.07, 6.45) is 3.65. The fourth-order valence-electron chi connectivity index (χ4n) is 4.58. The largest absolute Gasteiger partial charge is 0.497 e. The molecule has 9 heteroatoms. The Morgan fingerprint density at radius 2 is 1.80 bits per heavy atom. The van der Waals surface area contributed by atoms with Crippen molar-refractivity contribution in [3.8, 4) is 5.75 Å². The van der Waals surface area contributed by atoms with E-state index in [-0.39, 0.29) is 16.8 Å². The summed E-state index contributed by atoms with van der Waals surface area (Å²) in [5, 5.41) is 0. The van der Waals surface area contributed by atoms with Gasteiger partial charge in [-0.25, -0.2) is 13.4 Å². The summed E-state index contributed by atoms with van der Waals surface area (Å²) in [5.74, 6) is 1.56. The number of fused-ring (bicyclic) bond motifs is 1. The maximum Gasteiger partial charge on any atom is 0.243 e. The second kappa shape index (κ2) is 10.4. The fourth-order valence-corrected chi connectivity index (χ4v) is 6.12. The predicted octanol–water partition coefficient (Wildman–Crippen LogP) is 3.91. The lowest BCUT2D eigenvalue weighted by Crippen LogP contribution is -2.35. The molecule has 3 aromatic rings. The number of amides is 1. The van der Waals surface area contributed by atoms with Crippen LogP contribution in [-0.2, 0) is 28.3 Å². The van der Waals surface area contributed by atoms with Gasteiger partial charge in [-0.3, -0.25) is 4.79 Å². The third-order valence-electron chi connectivity index (χ3n) is 7.03. The van der Waals surface area contributed by atoms with Gasteiger partial charge in [0.15, 0.2) is 0 Å². The van der Waals surface area contributed by atoms with Crippen LogP contribution in [0, 0.1) is 0 Å². The van der Waals surface area contributed by atoms with Crippen LogP contribution >= 0.6 is 0 Å². The molecule has 1 aliphatic heterocycles.